The lowest BCUT2D eigenvalue weighted by Gasteiger charge is -2.29. The maximum absolute atomic E-state index is 4.47. The number of aromatic nitrogens is 2. The zero-order valence-electron chi connectivity index (χ0n) is 12.7. The van der Waals surface area contributed by atoms with Crippen molar-refractivity contribution in [2.24, 2.45) is 0 Å². The van der Waals surface area contributed by atoms with E-state index in [0.717, 1.165) is 29.2 Å². The van der Waals surface area contributed by atoms with Gasteiger partial charge in [0.05, 0.1) is 0 Å². The van der Waals surface area contributed by atoms with Crippen molar-refractivity contribution in [3.05, 3.63) is 46.7 Å². The summed E-state index contributed by atoms with van der Waals surface area (Å²) in [7, 11) is 0. The predicted molar refractivity (Wildman–Crippen MR) is 91.7 cm³/mol. The van der Waals surface area contributed by atoms with Crippen LogP contribution in [-0.4, -0.2) is 22.6 Å². The number of hydrogen-bond donors (Lipinski definition) is 1. The van der Waals surface area contributed by atoms with Gasteiger partial charge in [-0.2, -0.15) is 0 Å². The van der Waals surface area contributed by atoms with Gasteiger partial charge in [-0.25, -0.2) is 9.97 Å². The molecule has 21 heavy (non-hydrogen) atoms. The summed E-state index contributed by atoms with van der Waals surface area (Å²) in [5, 5.41) is 3.25. The van der Waals surface area contributed by atoms with Crippen LogP contribution in [0.25, 0.3) is 0 Å². The molecule has 0 amide bonds. The minimum Gasteiger partial charge on any atom is -0.369 e. The number of nitrogens with one attached hydrogen (secondary N) is 1. The van der Waals surface area contributed by atoms with Crippen molar-refractivity contribution in [3.8, 4) is 0 Å². The molecular weight excluding hydrogens is 328 g/mol. The van der Waals surface area contributed by atoms with E-state index in [1.165, 1.54) is 5.56 Å². The van der Waals surface area contributed by atoms with Crippen molar-refractivity contribution in [1.82, 2.24) is 9.97 Å². The van der Waals surface area contributed by atoms with Gasteiger partial charge in [-0.15, -0.1) is 0 Å². The zero-order valence-corrected chi connectivity index (χ0v) is 14.3. The molecule has 0 aliphatic heterocycles. The molecule has 1 aromatic heterocycles. The van der Waals surface area contributed by atoms with Gasteiger partial charge in [0.15, 0.2) is 0 Å². The van der Waals surface area contributed by atoms with Crippen LogP contribution < -0.4 is 10.2 Å². The molecule has 2 aromatic rings. The summed E-state index contributed by atoms with van der Waals surface area (Å²) >= 11 is 3.64. The molecule has 0 fully saturated rings. The highest BCUT2D eigenvalue weighted by Crippen LogP contribution is 2.31. The van der Waals surface area contributed by atoms with Crippen molar-refractivity contribution in [1.29, 1.82) is 0 Å². The van der Waals surface area contributed by atoms with Gasteiger partial charge >= 0.3 is 0 Å². The Balaban J connectivity index is 2.32. The normalized spacial score (nSPS) is 10.7. The summed E-state index contributed by atoms with van der Waals surface area (Å²) in [6, 6.07) is 10.8. The molecule has 1 aromatic carbocycles. The van der Waals surface area contributed by atoms with Gasteiger partial charge in [-0.3, -0.25) is 0 Å². The quantitative estimate of drug-likeness (QED) is 0.853. The van der Waals surface area contributed by atoms with E-state index in [-0.39, 0.29) is 0 Å². The molecule has 0 aliphatic rings. The third-order valence-electron chi connectivity index (χ3n) is 3.21. The first-order chi connectivity index (χ1) is 10.1. The molecule has 1 N–H and O–H groups in total. The van der Waals surface area contributed by atoms with E-state index in [2.05, 4.69) is 81.2 Å². The fraction of sp³-hybridized carbons (Fsp3) is 0.375. The summed E-state index contributed by atoms with van der Waals surface area (Å²) in [5.41, 5.74) is 1.27. The van der Waals surface area contributed by atoms with Gasteiger partial charge in [0, 0.05) is 19.1 Å². The highest BCUT2D eigenvalue weighted by Gasteiger charge is 2.18. The SMILES string of the molecule is CCNc1ncnc(N(Cc2ccccc2)C(C)C)c1Br. The van der Waals surface area contributed by atoms with Crippen molar-refractivity contribution >= 4 is 27.6 Å². The maximum atomic E-state index is 4.47. The lowest BCUT2D eigenvalue weighted by molar-refractivity contribution is 0.669. The van der Waals surface area contributed by atoms with Crippen LogP contribution in [0.1, 0.15) is 26.3 Å². The minimum atomic E-state index is 0.339. The first-order valence-electron chi connectivity index (χ1n) is 7.18. The Morgan fingerprint density at radius 3 is 2.52 bits per heavy atom. The van der Waals surface area contributed by atoms with Crippen molar-refractivity contribution < 1.29 is 0 Å². The molecule has 0 unspecified atom stereocenters. The molecule has 2 rings (SSSR count). The second-order valence-electron chi connectivity index (χ2n) is 5.10. The highest BCUT2D eigenvalue weighted by atomic mass is 79.9. The van der Waals surface area contributed by atoms with Crippen LogP contribution in [0.15, 0.2) is 41.1 Å². The van der Waals surface area contributed by atoms with E-state index in [0.29, 0.717) is 6.04 Å². The van der Waals surface area contributed by atoms with Gasteiger partial charge < -0.3 is 10.2 Å². The van der Waals surface area contributed by atoms with E-state index in [9.17, 15) is 0 Å². The molecule has 5 heteroatoms. The number of anilines is 2. The number of hydrogen-bond acceptors (Lipinski definition) is 4. The molecule has 1 heterocycles. The Bertz CT molecular complexity index is 572. The Kier molecular flexibility index (Phi) is 5.56. The molecule has 0 aliphatic carbocycles. The van der Waals surface area contributed by atoms with Crippen LogP contribution in [0.4, 0.5) is 11.6 Å². The largest absolute Gasteiger partial charge is 0.369 e. The zero-order chi connectivity index (χ0) is 15.2. The molecule has 0 bridgehead atoms. The topological polar surface area (TPSA) is 41.1 Å². The third-order valence-corrected chi connectivity index (χ3v) is 3.94. The molecule has 4 nitrogen and oxygen atoms in total. The van der Waals surface area contributed by atoms with Crippen LogP contribution in [0.3, 0.4) is 0 Å². The Labute approximate surface area is 134 Å². The second-order valence-corrected chi connectivity index (χ2v) is 5.89. The van der Waals surface area contributed by atoms with Crippen LogP contribution in [-0.2, 0) is 6.54 Å². The standard InChI is InChI=1S/C16H21BrN4/c1-4-18-15-14(17)16(20-11-19-15)21(12(2)3)10-13-8-6-5-7-9-13/h5-9,11-12H,4,10H2,1-3H3,(H,18,19,20). The molecule has 0 saturated heterocycles. The average Bonchev–Trinajstić information content (AvgIpc) is 2.48. The highest BCUT2D eigenvalue weighted by molar-refractivity contribution is 9.10. The fourth-order valence-corrected chi connectivity index (χ4v) is 2.71. The summed E-state index contributed by atoms with van der Waals surface area (Å²) in [4.78, 5) is 11.0. The van der Waals surface area contributed by atoms with Crippen LogP contribution in [0.5, 0.6) is 0 Å². The van der Waals surface area contributed by atoms with Crippen molar-refractivity contribution in [3.63, 3.8) is 0 Å². The second kappa shape index (κ2) is 7.41. The lowest BCUT2D eigenvalue weighted by atomic mass is 10.2. The van der Waals surface area contributed by atoms with Crippen LogP contribution in [0, 0.1) is 0 Å². The van der Waals surface area contributed by atoms with Crippen molar-refractivity contribution in [2.45, 2.75) is 33.4 Å². The van der Waals surface area contributed by atoms with Gasteiger partial charge in [0.2, 0.25) is 0 Å². The lowest BCUT2D eigenvalue weighted by Crippen LogP contribution is -2.31. The van der Waals surface area contributed by atoms with Crippen LogP contribution in [0.2, 0.25) is 0 Å². The Morgan fingerprint density at radius 2 is 1.90 bits per heavy atom. The first kappa shape index (κ1) is 15.8. The van der Waals surface area contributed by atoms with Gasteiger partial charge in [0.1, 0.15) is 22.4 Å². The minimum absolute atomic E-state index is 0.339. The van der Waals surface area contributed by atoms with Crippen LogP contribution >= 0.6 is 15.9 Å². The smallest absolute Gasteiger partial charge is 0.149 e. The summed E-state index contributed by atoms with van der Waals surface area (Å²) in [5.74, 6) is 1.75. The number of benzene rings is 1. The Morgan fingerprint density at radius 1 is 1.19 bits per heavy atom. The fourth-order valence-electron chi connectivity index (χ4n) is 2.13. The van der Waals surface area contributed by atoms with E-state index < -0.39 is 0 Å². The molecule has 0 radical (unpaired) electrons. The average molecular weight is 349 g/mol. The molecule has 0 saturated carbocycles. The molecule has 0 spiro atoms. The van der Waals surface area contributed by atoms with E-state index >= 15 is 0 Å². The van der Waals surface area contributed by atoms with E-state index in [1.807, 2.05) is 6.07 Å². The summed E-state index contributed by atoms with van der Waals surface area (Å²) in [6.07, 6.45) is 1.61. The summed E-state index contributed by atoms with van der Waals surface area (Å²) < 4.78 is 0.913. The maximum Gasteiger partial charge on any atom is 0.149 e. The summed E-state index contributed by atoms with van der Waals surface area (Å²) in [6.45, 7) is 8.04. The molecule has 0 atom stereocenters. The monoisotopic (exact) mass is 348 g/mol. The number of halogens is 1. The number of rotatable bonds is 6. The Hall–Kier alpha value is -1.62. The molecular formula is C16H21BrN4. The number of nitrogens with zero attached hydrogens (tertiary/aromatic N) is 3. The van der Waals surface area contributed by atoms with E-state index in [1.54, 1.807) is 6.33 Å². The van der Waals surface area contributed by atoms with Gasteiger partial charge in [-0.1, -0.05) is 30.3 Å². The molecule has 112 valence electrons. The van der Waals surface area contributed by atoms with E-state index in [4.69, 9.17) is 0 Å². The first-order valence-corrected chi connectivity index (χ1v) is 7.97. The van der Waals surface area contributed by atoms with Crippen molar-refractivity contribution in [2.75, 3.05) is 16.8 Å². The van der Waals surface area contributed by atoms with Gasteiger partial charge in [0.25, 0.3) is 0 Å². The third kappa shape index (κ3) is 3.94. The predicted octanol–water partition coefficient (Wildman–Crippen LogP) is 4.09. The van der Waals surface area contributed by atoms with Gasteiger partial charge in [-0.05, 0) is 42.3 Å².